The van der Waals surface area contributed by atoms with Gasteiger partial charge in [-0.1, -0.05) is 23.7 Å². The van der Waals surface area contributed by atoms with Gasteiger partial charge in [-0.3, -0.25) is 0 Å². The van der Waals surface area contributed by atoms with Gasteiger partial charge in [0.05, 0.1) is 0 Å². The van der Waals surface area contributed by atoms with Gasteiger partial charge in [-0.2, -0.15) is 0 Å². The molecule has 0 atom stereocenters. The van der Waals surface area contributed by atoms with Gasteiger partial charge in [0.25, 0.3) is 0 Å². The van der Waals surface area contributed by atoms with Gasteiger partial charge in [-0.15, -0.1) is 11.8 Å². The van der Waals surface area contributed by atoms with E-state index in [-0.39, 0.29) is 5.97 Å². The van der Waals surface area contributed by atoms with E-state index in [9.17, 15) is 4.79 Å². The molecular formula is C11H11ClO2S. The average molecular weight is 243 g/mol. The first-order valence-corrected chi connectivity index (χ1v) is 6.09. The lowest BCUT2D eigenvalue weighted by Gasteiger charge is -1.97. The quantitative estimate of drug-likeness (QED) is 0.461. The van der Waals surface area contributed by atoms with Gasteiger partial charge in [-0.25, -0.2) is 4.79 Å². The number of thioether (sulfide) groups is 1. The normalized spacial score (nSPS) is 10.5. The highest BCUT2D eigenvalue weighted by molar-refractivity contribution is 7.98. The van der Waals surface area contributed by atoms with Crippen LogP contribution in [-0.2, 0) is 9.53 Å². The highest BCUT2D eigenvalue weighted by Gasteiger charge is 1.95. The highest BCUT2D eigenvalue weighted by atomic mass is 35.5. The first kappa shape index (κ1) is 12.1. The maximum Gasteiger partial charge on any atom is 0.331 e. The Morgan fingerprint density at radius 2 is 2.13 bits per heavy atom. The predicted octanol–water partition coefficient (Wildman–Crippen LogP) is 3.22. The molecule has 0 aliphatic carbocycles. The van der Waals surface area contributed by atoms with Crippen molar-refractivity contribution in [2.24, 2.45) is 0 Å². The summed E-state index contributed by atoms with van der Waals surface area (Å²) in [5, 5.41) is 0.678. The maximum atomic E-state index is 11.1. The lowest BCUT2D eigenvalue weighted by molar-refractivity contribution is -0.135. The molecule has 0 aromatic heterocycles. The summed E-state index contributed by atoms with van der Waals surface area (Å²) in [5.74, 6) is 0.0448. The molecule has 2 nitrogen and oxygen atoms in total. The molecule has 0 aliphatic heterocycles. The van der Waals surface area contributed by atoms with Gasteiger partial charge in [0.1, 0.15) is 5.94 Å². The van der Waals surface area contributed by atoms with E-state index in [1.165, 1.54) is 17.8 Å². The topological polar surface area (TPSA) is 26.3 Å². The molecule has 0 fully saturated rings. The van der Waals surface area contributed by atoms with Crippen molar-refractivity contribution in [3.63, 3.8) is 0 Å². The Labute approximate surface area is 98.3 Å². The van der Waals surface area contributed by atoms with Crippen LogP contribution in [0.1, 0.15) is 5.56 Å². The Kier molecular flexibility index (Phi) is 5.29. The van der Waals surface area contributed by atoms with Crippen LogP contribution in [0.3, 0.4) is 0 Å². The van der Waals surface area contributed by atoms with Crippen molar-refractivity contribution >= 4 is 35.4 Å². The first-order chi connectivity index (χ1) is 7.22. The zero-order chi connectivity index (χ0) is 11.1. The zero-order valence-corrected chi connectivity index (χ0v) is 9.85. The second-order valence-corrected chi connectivity index (χ2v) is 4.00. The highest BCUT2D eigenvalue weighted by Crippen LogP contribution is 2.10. The number of benzene rings is 1. The minimum Gasteiger partial charge on any atom is -0.451 e. The van der Waals surface area contributed by atoms with Crippen LogP contribution < -0.4 is 0 Å². The summed E-state index contributed by atoms with van der Waals surface area (Å²) in [7, 11) is 0. The second kappa shape index (κ2) is 6.53. The van der Waals surface area contributed by atoms with Crippen molar-refractivity contribution in [1.29, 1.82) is 0 Å². The Hall–Kier alpha value is -0.930. The van der Waals surface area contributed by atoms with E-state index in [4.69, 9.17) is 16.3 Å². The molecular weight excluding hydrogens is 232 g/mol. The molecule has 0 N–H and O–H groups in total. The van der Waals surface area contributed by atoms with Crippen LogP contribution in [-0.4, -0.2) is 18.2 Å². The fourth-order valence-electron chi connectivity index (χ4n) is 0.903. The first-order valence-electron chi connectivity index (χ1n) is 4.31. The third-order valence-corrected chi connectivity index (χ3v) is 2.21. The minimum atomic E-state index is -0.334. The van der Waals surface area contributed by atoms with Crippen molar-refractivity contribution in [3.05, 3.63) is 40.9 Å². The summed E-state index contributed by atoms with van der Waals surface area (Å²) in [6.45, 7) is 0. The molecule has 0 heterocycles. The molecule has 0 saturated heterocycles. The summed E-state index contributed by atoms with van der Waals surface area (Å²) in [6.07, 6.45) is 4.97. The fourth-order valence-corrected chi connectivity index (χ4v) is 1.26. The third-order valence-electron chi connectivity index (χ3n) is 1.60. The van der Waals surface area contributed by atoms with Crippen molar-refractivity contribution in [3.8, 4) is 0 Å². The molecule has 4 heteroatoms. The van der Waals surface area contributed by atoms with Gasteiger partial charge in [-0.05, 0) is 30.0 Å². The lowest BCUT2D eigenvalue weighted by atomic mass is 10.2. The van der Waals surface area contributed by atoms with Crippen LogP contribution in [0.15, 0.2) is 30.3 Å². The molecule has 0 unspecified atom stereocenters. The van der Waals surface area contributed by atoms with Gasteiger partial charge in [0.15, 0.2) is 0 Å². The van der Waals surface area contributed by atoms with E-state index >= 15 is 0 Å². The van der Waals surface area contributed by atoms with Crippen molar-refractivity contribution < 1.29 is 9.53 Å². The molecule has 15 heavy (non-hydrogen) atoms. The number of esters is 1. The van der Waals surface area contributed by atoms with E-state index in [0.29, 0.717) is 11.0 Å². The van der Waals surface area contributed by atoms with E-state index in [2.05, 4.69) is 0 Å². The number of halogens is 1. The van der Waals surface area contributed by atoms with E-state index in [1.54, 1.807) is 18.2 Å². The van der Waals surface area contributed by atoms with Crippen LogP contribution in [0.4, 0.5) is 0 Å². The summed E-state index contributed by atoms with van der Waals surface area (Å²) >= 11 is 7.18. The van der Waals surface area contributed by atoms with Crippen LogP contribution in [0.5, 0.6) is 0 Å². The molecule has 0 amide bonds. The van der Waals surface area contributed by atoms with E-state index < -0.39 is 0 Å². The Balaban J connectivity index is 2.50. The Bertz CT molecular complexity index is 346. The molecule has 80 valence electrons. The Morgan fingerprint density at radius 1 is 1.47 bits per heavy atom. The van der Waals surface area contributed by atoms with Gasteiger partial charge >= 0.3 is 5.97 Å². The lowest BCUT2D eigenvalue weighted by Crippen LogP contribution is -1.98. The molecule has 0 saturated carbocycles. The fraction of sp³-hybridized carbons (Fsp3) is 0.182. The average Bonchev–Trinajstić information content (AvgIpc) is 2.25. The molecule has 1 aromatic carbocycles. The predicted molar refractivity (Wildman–Crippen MR) is 65.0 cm³/mol. The van der Waals surface area contributed by atoms with Crippen LogP contribution in [0.2, 0.25) is 5.02 Å². The van der Waals surface area contributed by atoms with Crippen LogP contribution >= 0.6 is 23.4 Å². The molecule has 1 rings (SSSR count). The molecule has 0 bridgehead atoms. The van der Waals surface area contributed by atoms with Crippen molar-refractivity contribution in [2.75, 3.05) is 12.2 Å². The molecule has 1 aromatic rings. The van der Waals surface area contributed by atoms with Gasteiger partial charge in [0, 0.05) is 11.1 Å². The number of rotatable bonds is 4. The number of carbonyl (C=O) groups is 1. The smallest absolute Gasteiger partial charge is 0.331 e. The summed E-state index contributed by atoms with van der Waals surface area (Å²) in [6, 6.07) is 7.21. The molecule has 0 spiro atoms. The number of ether oxygens (including phenoxy) is 1. The number of hydrogen-bond acceptors (Lipinski definition) is 3. The Morgan fingerprint density at radius 3 is 2.73 bits per heavy atom. The van der Waals surface area contributed by atoms with Crippen LogP contribution in [0.25, 0.3) is 6.08 Å². The summed E-state index contributed by atoms with van der Waals surface area (Å²) in [4.78, 5) is 11.1. The number of hydrogen-bond donors (Lipinski definition) is 0. The zero-order valence-electron chi connectivity index (χ0n) is 8.27. The molecule has 0 aliphatic rings. The minimum absolute atomic E-state index is 0.334. The monoisotopic (exact) mass is 242 g/mol. The van der Waals surface area contributed by atoms with E-state index in [1.807, 2.05) is 18.4 Å². The molecule has 0 radical (unpaired) electrons. The maximum absolute atomic E-state index is 11.1. The standard InChI is InChI=1S/C11H11ClO2S/c1-15-8-14-11(13)7-4-9-2-5-10(12)6-3-9/h2-7H,8H2,1H3/b7-4+. The third kappa shape index (κ3) is 4.91. The number of carbonyl (C=O) groups excluding carboxylic acids is 1. The SMILES string of the molecule is CSCOC(=O)/C=C/c1ccc(Cl)cc1. The second-order valence-electron chi connectivity index (χ2n) is 2.75. The summed E-state index contributed by atoms with van der Waals surface area (Å²) < 4.78 is 4.85. The van der Waals surface area contributed by atoms with Crippen molar-refractivity contribution in [1.82, 2.24) is 0 Å². The van der Waals surface area contributed by atoms with Crippen molar-refractivity contribution in [2.45, 2.75) is 0 Å². The van der Waals surface area contributed by atoms with Crippen LogP contribution in [0, 0.1) is 0 Å². The largest absolute Gasteiger partial charge is 0.451 e. The summed E-state index contributed by atoms with van der Waals surface area (Å²) in [5.41, 5.74) is 0.917. The van der Waals surface area contributed by atoms with Gasteiger partial charge in [0.2, 0.25) is 0 Å². The van der Waals surface area contributed by atoms with E-state index in [0.717, 1.165) is 5.56 Å². The van der Waals surface area contributed by atoms with Gasteiger partial charge < -0.3 is 4.74 Å².